The molecule has 0 spiro atoms. The average Bonchev–Trinajstić information content (AvgIpc) is 2.29. The first-order chi connectivity index (χ1) is 42.2. The molecule has 0 radical (unpaired) electrons. The van der Waals surface area contributed by atoms with Crippen molar-refractivity contribution >= 4 is 35.8 Å². The van der Waals surface area contributed by atoms with E-state index in [2.05, 4.69) is 27.0 Å². The first-order valence-electron chi connectivity index (χ1n) is 34.6. The van der Waals surface area contributed by atoms with Crippen LogP contribution in [0, 0.1) is 54.3 Å². The van der Waals surface area contributed by atoms with E-state index in [9.17, 15) is 28.8 Å². The van der Waals surface area contributed by atoms with E-state index in [1.807, 2.05) is 25.1 Å². The molecule has 0 aromatic heterocycles. The number of benzene rings is 2. The molecule has 0 heterocycles. The molecule has 3 fully saturated rings. The van der Waals surface area contributed by atoms with Crippen LogP contribution in [-0.4, -0.2) is 75.5 Å². The highest BCUT2D eigenvalue weighted by Gasteiger charge is 2.38. The van der Waals surface area contributed by atoms with Gasteiger partial charge in [0.25, 0.3) is 0 Å². The Bertz CT molecular complexity index is 2300. The van der Waals surface area contributed by atoms with Crippen LogP contribution in [0.25, 0.3) is 0 Å². The molecule has 0 saturated heterocycles. The van der Waals surface area contributed by atoms with Gasteiger partial charge in [-0.1, -0.05) is 186 Å². The van der Waals surface area contributed by atoms with Gasteiger partial charge in [0.2, 0.25) is 0 Å². The fourth-order valence-electron chi connectivity index (χ4n) is 13.6. The molecule has 2 aromatic rings. The topological polar surface area (TPSA) is 158 Å². The van der Waals surface area contributed by atoms with E-state index in [4.69, 9.17) is 28.4 Å². The van der Waals surface area contributed by atoms with Crippen LogP contribution in [0.5, 0.6) is 0 Å². The monoisotopic (exact) mass is 1210 g/mol. The van der Waals surface area contributed by atoms with Crippen LogP contribution >= 0.6 is 0 Å². The number of carbonyl (C=O) groups is 6. The van der Waals surface area contributed by atoms with Crippen LogP contribution in [0.15, 0.2) is 73.3 Å². The van der Waals surface area contributed by atoms with Gasteiger partial charge in [-0.05, 0) is 175 Å². The molecule has 6 unspecified atom stereocenters. The molecule has 0 amide bonds. The molecule has 3 saturated carbocycles. The molecule has 12 heteroatoms. The van der Waals surface area contributed by atoms with Gasteiger partial charge < -0.3 is 28.4 Å². The van der Waals surface area contributed by atoms with Crippen molar-refractivity contribution < 1.29 is 57.2 Å². The summed E-state index contributed by atoms with van der Waals surface area (Å²) in [6.45, 7) is 19.3. The Kier molecular flexibility index (Phi) is 38.4. The Hall–Kier alpha value is -5.26. The highest BCUT2D eigenvalue weighted by molar-refractivity contribution is 5.95. The van der Waals surface area contributed by atoms with Gasteiger partial charge in [-0.15, -0.1) is 0 Å². The summed E-state index contributed by atoms with van der Waals surface area (Å²) >= 11 is 0. The minimum Gasteiger partial charge on any atom is -0.466 e. The van der Waals surface area contributed by atoms with E-state index in [-0.39, 0.29) is 29.7 Å². The molecule has 6 atom stereocenters. The molecule has 0 aliphatic heterocycles. The quantitative estimate of drug-likeness (QED) is 0.0269. The molecule has 87 heavy (non-hydrogen) atoms. The summed E-state index contributed by atoms with van der Waals surface area (Å²) in [5.41, 5.74) is 2.81. The zero-order valence-corrected chi connectivity index (χ0v) is 54.9. The summed E-state index contributed by atoms with van der Waals surface area (Å²) in [4.78, 5) is 72.0. The summed E-state index contributed by atoms with van der Waals surface area (Å²) in [7, 11) is 0. The number of rotatable bonds is 41. The molecule has 0 bridgehead atoms. The molecule has 3 aliphatic rings. The van der Waals surface area contributed by atoms with Gasteiger partial charge in [0.1, 0.15) is 0 Å². The number of ether oxygens (including phenoxy) is 6. The van der Waals surface area contributed by atoms with Crippen molar-refractivity contribution in [3.05, 3.63) is 95.6 Å². The third kappa shape index (κ3) is 31.7. The predicted octanol–water partition coefficient (Wildman–Crippen LogP) is 18.8. The summed E-state index contributed by atoms with van der Waals surface area (Å²) < 4.78 is 32.4. The Morgan fingerprint density at radius 2 is 0.874 bits per heavy atom. The zero-order valence-electron chi connectivity index (χ0n) is 54.9. The molecule has 0 N–H and O–H groups in total. The molecular formula is C75H116O12. The Labute approximate surface area is 526 Å². The number of hydrogen-bond donors (Lipinski definition) is 0. The maximum absolute atomic E-state index is 13.0. The molecule has 12 nitrogen and oxygen atoms in total. The molecule has 3 aliphatic carbocycles. The lowest BCUT2D eigenvalue weighted by Gasteiger charge is -2.44. The van der Waals surface area contributed by atoms with E-state index in [1.165, 1.54) is 148 Å². The van der Waals surface area contributed by atoms with E-state index in [0.29, 0.717) is 73.7 Å². The van der Waals surface area contributed by atoms with Gasteiger partial charge in [-0.25, -0.2) is 24.0 Å². The van der Waals surface area contributed by atoms with Crippen LogP contribution in [0.4, 0.5) is 0 Å². The van der Waals surface area contributed by atoms with Crippen molar-refractivity contribution in [2.24, 2.45) is 47.3 Å². The van der Waals surface area contributed by atoms with Crippen LogP contribution in [-0.2, 0) is 42.8 Å². The number of aryl methyl sites for hydroxylation is 1. The second-order valence-corrected chi connectivity index (χ2v) is 26.1. The lowest BCUT2D eigenvalue weighted by Crippen LogP contribution is -2.35. The van der Waals surface area contributed by atoms with Gasteiger partial charge >= 0.3 is 35.8 Å². The second kappa shape index (κ2) is 45.1. The standard InChI is InChI=1S/C55H90O8.C20H26O4/c1-5-8-10-12-16-22-34-51-47(30-20-11-9-6-2)36-37-48(31-21-15-13-18-24-38-60-44(4)56)52(51)35-23-17-14-19-25-39-61-54(58)49-32-27-33-50(41-49)55(59)63-43-46-29-26-28-45(40-46)42-62-53(57)7-3;1-14(2)19(21)23-12-16-7-9-17(10-8-16)13-24-20(22)18-6-4-5-15(3)11-18/h7,27,32-33,41,45-48,51-52H,3,5-6,8-26,28-31,34-40,42-43H2,1-2,4H3;4-6,11,16-17H,1,7-10,12-13H2,2-3H3. The Morgan fingerprint density at radius 1 is 0.460 bits per heavy atom. The smallest absolute Gasteiger partial charge is 0.338 e. The number of unbranched alkanes of at least 4 members (excludes halogenated alkanes) is 16. The maximum Gasteiger partial charge on any atom is 0.338 e. The van der Waals surface area contributed by atoms with Crippen molar-refractivity contribution in [1.82, 2.24) is 0 Å². The van der Waals surface area contributed by atoms with Crippen LogP contribution < -0.4 is 0 Å². The van der Waals surface area contributed by atoms with Gasteiger partial charge in [-0.2, -0.15) is 0 Å². The highest BCUT2D eigenvalue weighted by Crippen LogP contribution is 2.48. The maximum atomic E-state index is 13.0. The van der Waals surface area contributed by atoms with Gasteiger partial charge in [0.05, 0.1) is 56.3 Å². The van der Waals surface area contributed by atoms with E-state index in [0.717, 1.165) is 113 Å². The molecular weight excluding hydrogens is 1090 g/mol. The fraction of sp³-hybridized carbons (Fsp3) is 0.707. The lowest BCUT2D eigenvalue weighted by molar-refractivity contribution is -0.141. The average molecular weight is 1210 g/mol. The number of carbonyl (C=O) groups excluding carboxylic acids is 6. The Balaban J connectivity index is 0.000000559. The van der Waals surface area contributed by atoms with Crippen LogP contribution in [0.1, 0.15) is 283 Å². The van der Waals surface area contributed by atoms with Crippen molar-refractivity contribution in [2.75, 3.05) is 39.6 Å². The molecule has 2 aromatic carbocycles. The summed E-state index contributed by atoms with van der Waals surface area (Å²) in [6, 6.07) is 14.1. The normalized spacial score (nSPS) is 20.8. The summed E-state index contributed by atoms with van der Waals surface area (Å²) in [6.07, 6.45) is 42.7. The van der Waals surface area contributed by atoms with E-state index in [1.54, 1.807) is 37.3 Å². The minimum atomic E-state index is -0.440. The molecule has 5 rings (SSSR count). The minimum absolute atomic E-state index is 0.173. The first kappa shape index (κ1) is 74.2. The second-order valence-electron chi connectivity index (χ2n) is 26.1. The summed E-state index contributed by atoms with van der Waals surface area (Å²) in [5, 5.41) is 0. The predicted molar refractivity (Wildman–Crippen MR) is 348 cm³/mol. The van der Waals surface area contributed by atoms with Crippen LogP contribution in [0.2, 0.25) is 0 Å². The van der Waals surface area contributed by atoms with Crippen molar-refractivity contribution in [3.8, 4) is 0 Å². The van der Waals surface area contributed by atoms with Crippen molar-refractivity contribution in [2.45, 2.75) is 253 Å². The SMILES string of the molecule is C=C(C)C(=O)OCC1CCC(COC(=O)c2cccc(C)c2)CC1.C=CC(=O)OCC1CCCC(COC(=O)c2cccc(C(=O)OCCCCCCCC3C(CCCCCCCOC(C)=O)CCC(CCCCCC)C3CCCCCCCC)c2)C1. The number of hydrogen-bond acceptors (Lipinski definition) is 12. The van der Waals surface area contributed by atoms with Crippen LogP contribution in [0.3, 0.4) is 0 Å². The lowest BCUT2D eigenvalue weighted by atomic mass is 9.61. The van der Waals surface area contributed by atoms with Gasteiger partial charge in [0.15, 0.2) is 0 Å². The third-order valence-electron chi connectivity index (χ3n) is 18.7. The third-order valence-corrected chi connectivity index (χ3v) is 18.7. The van der Waals surface area contributed by atoms with Gasteiger partial charge in [-0.3, -0.25) is 4.79 Å². The Morgan fingerprint density at radius 3 is 1.37 bits per heavy atom. The number of esters is 6. The van der Waals surface area contributed by atoms with Gasteiger partial charge in [0, 0.05) is 18.6 Å². The highest BCUT2D eigenvalue weighted by atomic mass is 16.6. The largest absolute Gasteiger partial charge is 0.466 e. The zero-order chi connectivity index (χ0) is 62.9. The molecule has 488 valence electrons. The van der Waals surface area contributed by atoms with Crippen molar-refractivity contribution in [3.63, 3.8) is 0 Å². The van der Waals surface area contributed by atoms with Crippen molar-refractivity contribution in [1.29, 1.82) is 0 Å². The van der Waals surface area contributed by atoms with E-state index < -0.39 is 17.9 Å². The summed E-state index contributed by atoms with van der Waals surface area (Å²) in [5.74, 6) is 2.77. The fourth-order valence-corrected chi connectivity index (χ4v) is 13.6. The first-order valence-corrected chi connectivity index (χ1v) is 34.6. The van der Waals surface area contributed by atoms with E-state index >= 15 is 0 Å².